The Hall–Kier alpha value is -0.750. The van der Waals surface area contributed by atoms with E-state index in [9.17, 15) is 4.21 Å². The number of halogens is 1. The molecule has 104 valence electrons. The van der Waals surface area contributed by atoms with Crippen LogP contribution in [-0.4, -0.2) is 39.6 Å². The third-order valence-corrected chi connectivity index (χ3v) is 9.63. The first-order valence-electron chi connectivity index (χ1n) is 5.17. The second kappa shape index (κ2) is 7.63. The quantitative estimate of drug-likeness (QED) is 0.174. The van der Waals surface area contributed by atoms with Gasteiger partial charge < -0.3 is 0 Å². The van der Waals surface area contributed by atoms with Crippen LogP contribution < -0.4 is 16.8 Å². The van der Waals surface area contributed by atoms with Crippen LogP contribution >= 0.6 is 18.4 Å². The fourth-order valence-corrected chi connectivity index (χ4v) is 4.77. The van der Waals surface area contributed by atoms with Crippen molar-refractivity contribution in [2.75, 3.05) is 32.7 Å². The molecule has 0 bridgehead atoms. The van der Waals surface area contributed by atoms with Crippen molar-refractivity contribution in [2.45, 2.75) is 12.8 Å². The zero-order valence-electron chi connectivity index (χ0n) is 9.97. The Kier molecular flexibility index (Phi) is 6.49. The monoisotopic (exact) mass is 388 g/mol. The molecule has 0 radical (unpaired) electrons. The van der Waals surface area contributed by atoms with Gasteiger partial charge in [0.25, 0.3) is 0 Å². The summed E-state index contributed by atoms with van der Waals surface area (Å²) in [5, 5.41) is 2.99. The number of unbranched alkanes of at least 4 members (excludes halogenated alkanes) is 1. The molecule has 0 fully saturated rings. The summed E-state index contributed by atoms with van der Waals surface area (Å²) < 4.78 is 20.5. The minimum atomic E-state index is -1.65. The van der Waals surface area contributed by atoms with Gasteiger partial charge in [-0.1, -0.05) is 0 Å². The molecule has 10 heteroatoms. The van der Waals surface area contributed by atoms with Crippen molar-refractivity contribution in [3.63, 3.8) is 0 Å². The van der Waals surface area contributed by atoms with Crippen molar-refractivity contribution in [1.29, 1.82) is 0 Å². The first-order valence-corrected chi connectivity index (χ1v) is 12.5. The maximum absolute atomic E-state index is 10.8. The Balaban J connectivity index is 2.23. The van der Waals surface area contributed by atoms with E-state index in [1.807, 2.05) is 4.93 Å². The standard InChI is InChI=1S/C8H17IN6O2S/c1-9(18(16)17)4-2-3-5-12-8-14-6(10)13-7(11)15-8/h2-5H2,1H3,(H,16,17)(H5,10,11,12,13,14,15). The summed E-state index contributed by atoms with van der Waals surface area (Å²) >= 11 is -1.65. The fourth-order valence-electron chi connectivity index (χ4n) is 1.16. The van der Waals surface area contributed by atoms with Crippen LogP contribution in [0, 0.1) is 0 Å². The van der Waals surface area contributed by atoms with Gasteiger partial charge in [0.2, 0.25) is 0 Å². The van der Waals surface area contributed by atoms with E-state index in [1.54, 1.807) is 0 Å². The fraction of sp³-hybridized carbons (Fsp3) is 0.625. The van der Waals surface area contributed by atoms with E-state index in [-0.39, 0.29) is 11.9 Å². The number of nitrogens with zero attached hydrogens (tertiary/aromatic N) is 3. The molecule has 1 aromatic rings. The number of hydrogen-bond donors (Lipinski definition) is 4. The van der Waals surface area contributed by atoms with Gasteiger partial charge in [-0.15, -0.1) is 0 Å². The van der Waals surface area contributed by atoms with Crippen molar-refractivity contribution in [2.24, 2.45) is 0 Å². The summed E-state index contributed by atoms with van der Waals surface area (Å²) in [6.07, 6.45) is 1.79. The van der Waals surface area contributed by atoms with Crippen LogP contribution in [0.1, 0.15) is 12.8 Å². The number of hydrogen-bond acceptors (Lipinski definition) is 7. The normalized spacial score (nSPS) is 13.1. The van der Waals surface area contributed by atoms with Gasteiger partial charge in [-0.2, -0.15) is 0 Å². The van der Waals surface area contributed by atoms with Crippen LogP contribution in [0.25, 0.3) is 0 Å². The molecular formula is C8H17IN6O2S. The Morgan fingerprint density at radius 1 is 1.28 bits per heavy atom. The summed E-state index contributed by atoms with van der Waals surface area (Å²) in [5.74, 6) is 0.530. The second-order valence-corrected chi connectivity index (χ2v) is 13.8. The number of aromatic nitrogens is 3. The van der Waals surface area contributed by atoms with Gasteiger partial charge in [-0.3, -0.25) is 0 Å². The molecule has 0 spiro atoms. The molecule has 0 aliphatic carbocycles. The molecule has 1 rings (SSSR count). The van der Waals surface area contributed by atoms with E-state index in [0.29, 0.717) is 12.5 Å². The zero-order valence-corrected chi connectivity index (χ0v) is 12.9. The molecule has 8 nitrogen and oxygen atoms in total. The summed E-state index contributed by atoms with van der Waals surface area (Å²) in [6.45, 7) is 0.672. The van der Waals surface area contributed by atoms with Gasteiger partial charge in [-0.05, 0) is 0 Å². The summed E-state index contributed by atoms with van der Waals surface area (Å²) in [5.41, 5.74) is 10.9. The number of nitrogens with one attached hydrogen (secondary N) is 1. The van der Waals surface area contributed by atoms with Gasteiger partial charge in [0.05, 0.1) is 0 Å². The van der Waals surface area contributed by atoms with E-state index in [2.05, 4.69) is 20.3 Å². The van der Waals surface area contributed by atoms with Crippen molar-refractivity contribution < 1.29 is 8.76 Å². The van der Waals surface area contributed by atoms with Crippen LogP contribution in [-0.2, 0) is 8.25 Å². The summed E-state index contributed by atoms with van der Waals surface area (Å²) in [4.78, 5) is 13.3. The van der Waals surface area contributed by atoms with Crippen molar-refractivity contribution in [3.8, 4) is 0 Å². The van der Waals surface area contributed by atoms with E-state index in [0.717, 1.165) is 17.3 Å². The topological polar surface area (TPSA) is 140 Å². The molecule has 0 aliphatic rings. The number of anilines is 3. The third kappa shape index (κ3) is 5.73. The number of nitrogen functional groups attached to an aromatic ring is 2. The number of nitrogens with two attached hydrogens (primary N) is 2. The summed E-state index contributed by atoms with van der Waals surface area (Å²) in [6, 6.07) is 0. The van der Waals surface area contributed by atoms with Crippen LogP contribution in [0.15, 0.2) is 0 Å². The third-order valence-electron chi connectivity index (χ3n) is 2.00. The van der Waals surface area contributed by atoms with Crippen LogP contribution in [0.2, 0.25) is 0 Å². The molecule has 18 heavy (non-hydrogen) atoms. The van der Waals surface area contributed by atoms with Crippen molar-refractivity contribution >= 4 is 44.5 Å². The molecule has 6 N–H and O–H groups in total. The average molecular weight is 388 g/mol. The molecule has 0 aliphatic heterocycles. The van der Waals surface area contributed by atoms with Gasteiger partial charge in [-0.25, -0.2) is 0 Å². The minimum absolute atomic E-state index is 0.0858. The van der Waals surface area contributed by atoms with Crippen LogP contribution in [0.4, 0.5) is 17.8 Å². The van der Waals surface area contributed by atoms with Gasteiger partial charge in [0, 0.05) is 0 Å². The predicted molar refractivity (Wildman–Crippen MR) is 82.0 cm³/mol. The molecule has 1 unspecified atom stereocenters. The van der Waals surface area contributed by atoms with Crippen molar-refractivity contribution in [3.05, 3.63) is 0 Å². The SMILES string of the molecule is CI(CCCCNc1nc(N)nc(N)n1)S(=O)O. The van der Waals surface area contributed by atoms with E-state index in [1.165, 1.54) is 0 Å². The van der Waals surface area contributed by atoms with Gasteiger partial charge >= 0.3 is 114 Å². The molecule has 0 aromatic carbocycles. The Labute approximate surface area is 113 Å². The van der Waals surface area contributed by atoms with E-state index >= 15 is 0 Å². The predicted octanol–water partition coefficient (Wildman–Crippen LogP) is 0.501. The Morgan fingerprint density at radius 3 is 2.44 bits per heavy atom. The first-order chi connectivity index (χ1) is 8.49. The maximum atomic E-state index is 10.8. The van der Waals surface area contributed by atoms with E-state index in [4.69, 9.17) is 16.0 Å². The molecule has 0 saturated carbocycles. The number of rotatable bonds is 7. The molecule has 1 aromatic heterocycles. The Morgan fingerprint density at radius 2 is 1.89 bits per heavy atom. The molecule has 0 amide bonds. The first kappa shape index (κ1) is 15.3. The second-order valence-electron chi connectivity index (χ2n) is 3.44. The zero-order chi connectivity index (χ0) is 13.5. The van der Waals surface area contributed by atoms with E-state index < -0.39 is 26.7 Å². The Bertz CT molecular complexity index is 400. The molecule has 0 saturated heterocycles. The van der Waals surface area contributed by atoms with Crippen molar-refractivity contribution in [1.82, 2.24) is 15.0 Å². The molecular weight excluding hydrogens is 371 g/mol. The van der Waals surface area contributed by atoms with Crippen LogP contribution in [0.5, 0.6) is 0 Å². The average Bonchev–Trinajstić information content (AvgIpc) is 2.26. The van der Waals surface area contributed by atoms with Gasteiger partial charge in [0.1, 0.15) is 0 Å². The van der Waals surface area contributed by atoms with Crippen LogP contribution in [0.3, 0.4) is 0 Å². The van der Waals surface area contributed by atoms with Gasteiger partial charge in [0.15, 0.2) is 0 Å². The summed E-state index contributed by atoms with van der Waals surface area (Å²) in [7, 11) is -1.59. The molecule has 1 atom stereocenters. The molecule has 1 heterocycles. The number of alkyl halides is 2.